The third kappa shape index (κ3) is 2.74. The highest BCUT2D eigenvalue weighted by molar-refractivity contribution is 7.99. The van der Waals surface area contributed by atoms with E-state index in [0.29, 0.717) is 20.9 Å². The van der Waals surface area contributed by atoms with Crippen molar-refractivity contribution in [1.29, 1.82) is 0 Å². The molecule has 1 atom stereocenters. The number of hydrogen-bond donors (Lipinski definition) is 3. The zero-order valence-corrected chi connectivity index (χ0v) is 13.6. The van der Waals surface area contributed by atoms with E-state index in [0.717, 1.165) is 4.68 Å². The number of aryl methyl sites for hydroxylation is 1. The smallest absolute Gasteiger partial charge is 0.294 e. The fourth-order valence-electron chi connectivity index (χ4n) is 1.92. The van der Waals surface area contributed by atoms with Crippen molar-refractivity contribution in [2.75, 3.05) is 16.5 Å². The van der Waals surface area contributed by atoms with Crippen molar-refractivity contribution < 1.29 is 5.11 Å². The monoisotopic (exact) mass is 359 g/mol. The molecule has 1 aromatic carbocycles. The molecular weight excluding hydrogens is 349 g/mol. The summed E-state index contributed by atoms with van der Waals surface area (Å²) in [6, 6.07) is 4.98. The fourth-order valence-corrected chi connectivity index (χ4v) is 3.24. The summed E-state index contributed by atoms with van der Waals surface area (Å²) in [6.45, 7) is 1.54. The third-order valence-electron chi connectivity index (χ3n) is 2.99. The van der Waals surface area contributed by atoms with Gasteiger partial charge in [-0.3, -0.25) is 10.2 Å². The van der Waals surface area contributed by atoms with E-state index >= 15 is 0 Å². The first-order valence-electron chi connectivity index (χ1n) is 6.21. The molecule has 3 rings (SSSR count). The van der Waals surface area contributed by atoms with Crippen LogP contribution in [0.5, 0.6) is 0 Å². The lowest BCUT2D eigenvalue weighted by Gasteiger charge is -2.36. The van der Waals surface area contributed by atoms with Gasteiger partial charge in [0.05, 0.1) is 21.5 Å². The summed E-state index contributed by atoms with van der Waals surface area (Å²) in [6.07, 6.45) is 0. The number of benzene rings is 1. The van der Waals surface area contributed by atoms with E-state index in [-0.39, 0.29) is 17.0 Å². The summed E-state index contributed by atoms with van der Waals surface area (Å²) in [5, 5.41) is 22.3. The van der Waals surface area contributed by atoms with Gasteiger partial charge in [-0.1, -0.05) is 41.0 Å². The Morgan fingerprint density at radius 3 is 2.77 bits per heavy atom. The van der Waals surface area contributed by atoms with Crippen LogP contribution in [0.2, 0.25) is 10.0 Å². The maximum atomic E-state index is 12.1. The van der Waals surface area contributed by atoms with Crippen LogP contribution in [0.4, 0.5) is 5.69 Å². The number of hydrogen-bond acceptors (Lipinski definition) is 7. The first-order chi connectivity index (χ1) is 10.4. The molecule has 7 nitrogen and oxygen atoms in total. The van der Waals surface area contributed by atoms with Crippen molar-refractivity contribution in [3.05, 3.63) is 44.3 Å². The second-order valence-corrected chi connectivity index (χ2v) is 6.45. The van der Waals surface area contributed by atoms with Crippen molar-refractivity contribution in [3.63, 3.8) is 0 Å². The molecule has 1 aliphatic heterocycles. The van der Waals surface area contributed by atoms with Crippen LogP contribution in [0, 0.1) is 6.92 Å². The van der Waals surface area contributed by atoms with E-state index < -0.39 is 5.85 Å². The molecule has 22 heavy (non-hydrogen) atoms. The molecule has 2 heterocycles. The first-order valence-corrected chi connectivity index (χ1v) is 7.96. The zero-order chi connectivity index (χ0) is 15.9. The van der Waals surface area contributed by atoms with Gasteiger partial charge in [0.15, 0.2) is 0 Å². The van der Waals surface area contributed by atoms with Crippen molar-refractivity contribution in [3.8, 4) is 0 Å². The average molecular weight is 360 g/mol. The van der Waals surface area contributed by atoms with E-state index in [1.54, 1.807) is 25.1 Å². The minimum absolute atomic E-state index is 0.172. The molecule has 1 aliphatic rings. The fraction of sp³-hybridized carbons (Fsp3) is 0.250. The topological polar surface area (TPSA) is 92.1 Å². The molecule has 1 aromatic heterocycles. The van der Waals surface area contributed by atoms with Gasteiger partial charge >= 0.3 is 0 Å². The number of nitrogens with one attached hydrogen (secondary N) is 2. The van der Waals surface area contributed by atoms with E-state index in [2.05, 4.69) is 20.9 Å². The van der Waals surface area contributed by atoms with E-state index in [1.807, 2.05) is 0 Å². The second-order valence-electron chi connectivity index (χ2n) is 4.69. The zero-order valence-electron chi connectivity index (χ0n) is 11.3. The molecule has 1 unspecified atom stereocenters. The number of anilines is 1. The minimum atomic E-state index is -1.62. The molecule has 0 aliphatic carbocycles. The Bertz CT molecular complexity index is 779. The molecule has 0 amide bonds. The summed E-state index contributed by atoms with van der Waals surface area (Å²) in [7, 11) is 0. The van der Waals surface area contributed by atoms with Crippen LogP contribution in [0.3, 0.4) is 0 Å². The molecule has 10 heteroatoms. The molecule has 0 spiro atoms. The quantitative estimate of drug-likeness (QED) is 0.702. The summed E-state index contributed by atoms with van der Waals surface area (Å²) < 4.78 is 1.15. The van der Waals surface area contributed by atoms with Crippen molar-refractivity contribution >= 4 is 40.7 Å². The summed E-state index contributed by atoms with van der Waals surface area (Å²) >= 11 is 13.3. The van der Waals surface area contributed by atoms with Gasteiger partial charge in [-0.05, 0) is 19.1 Å². The van der Waals surface area contributed by atoms with E-state index in [1.165, 1.54) is 11.8 Å². The number of nitrogens with zero attached hydrogens (tertiary/aromatic N) is 3. The highest BCUT2D eigenvalue weighted by Crippen LogP contribution is 2.33. The summed E-state index contributed by atoms with van der Waals surface area (Å²) in [4.78, 5) is 12.1. The van der Waals surface area contributed by atoms with Crippen LogP contribution in [0.1, 0.15) is 5.69 Å². The third-order valence-corrected chi connectivity index (χ3v) is 4.71. The van der Waals surface area contributed by atoms with Crippen LogP contribution in [0.25, 0.3) is 0 Å². The normalized spacial score (nSPS) is 20.2. The van der Waals surface area contributed by atoms with E-state index in [9.17, 15) is 9.90 Å². The Kier molecular flexibility index (Phi) is 3.94. The Morgan fingerprint density at radius 1 is 1.41 bits per heavy atom. The second kappa shape index (κ2) is 5.62. The Balaban J connectivity index is 1.96. The van der Waals surface area contributed by atoms with Crippen LogP contribution in [-0.4, -0.2) is 31.6 Å². The van der Waals surface area contributed by atoms with Gasteiger partial charge < -0.3 is 10.4 Å². The summed E-state index contributed by atoms with van der Waals surface area (Å²) in [5.74, 6) is -1.45. The van der Waals surface area contributed by atoms with Crippen LogP contribution in [0.15, 0.2) is 28.2 Å². The lowest BCUT2D eigenvalue weighted by atomic mass is 10.3. The molecular formula is C12H11Cl2N5O2S. The molecule has 2 aromatic rings. The van der Waals surface area contributed by atoms with Crippen molar-refractivity contribution in [1.82, 2.24) is 14.9 Å². The van der Waals surface area contributed by atoms with E-state index in [4.69, 9.17) is 23.2 Å². The molecule has 0 fully saturated rings. The van der Waals surface area contributed by atoms with Gasteiger partial charge in [0, 0.05) is 0 Å². The van der Waals surface area contributed by atoms with Gasteiger partial charge in [0.2, 0.25) is 11.0 Å². The van der Waals surface area contributed by atoms with Crippen LogP contribution in [-0.2, 0) is 0 Å². The number of thioether (sulfide) groups is 1. The number of para-hydroxylation sites is 1. The Labute approximate surface area is 139 Å². The molecule has 3 N–H and O–H groups in total. The number of fused-ring (bicyclic) bond motifs is 1. The van der Waals surface area contributed by atoms with Gasteiger partial charge in [-0.15, -0.1) is 10.2 Å². The number of rotatable bonds is 2. The van der Waals surface area contributed by atoms with Crippen LogP contribution < -0.4 is 16.3 Å². The van der Waals surface area contributed by atoms with Gasteiger partial charge in [-0.2, -0.15) is 4.68 Å². The molecule has 116 valence electrons. The number of aliphatic hydroxyl groups is 1. The van der Waals surface area contributed by atoms with Crippen molar-refractivity contribution in [2.45, 2.75) is 17.9 Å². The Morgan fingerprint density at radius 2 is 2.09 bits per heavy atom. The molecule has 0 saturated carbocycles. The standard InChI is InChI=1S/C12H11Cl2N5O2S/c1-6-10(20)19-11(17-16-6)22-5-12(21,18-19)15-9-7(13)3-2-4-8(9)14/h2-4,15,18,21H,5H2,1H3. The van der Waals surface area contributed by atoms with Gasteiger partial charge in [0.1, 0.15) is 5.69 Å². The number of halogens is 2. The largest absolute Gasteiger partial charge is 0.352 e. The molecule has 0 saturated heterocycles. The summed E-state index contributed by atoms with van der Waals surface area (Å²) in [5.41, 5.74) is 2.90. The SMILES string of the molecule is Cc1nnc2n(c1=O)NC(O)(Nc1c(Cl)cccc1Cl)CS2. The molecule has 0 bridgehead atoms. The maximum absolute atomic E-state index is 12.1. The lowest BCUT2D eigenvalue weighted by molar-refractivity contribution is 0.104. The van der Waals surface area contributed by atoms with Gasteiger partial charge in [-0.25, -0.2) is 0 Å². The highest BCUT2D eigenvalue weighted by Gasteiger charge is 2.35. The van der Waals surface area contributed by atoms with Crippen molar-refractivity contribution in [2.24, 2.45) is 0 Å². The predicted molar refractivity (Wildman–Crippen MR) is 86.1 cm³/mol. The first kappa shape index (κ1) is 15.4. The highest BCUT2D eigenvalue weighted by atomic mass is 35.5. The predicted octanol–water partition coefficient (Wildman–Crippen LogP) is 1.66. The minimum Gasteiger partial charge on any atom is -0.352 e. The maximum Gasteiger partial charge on any atom is 0.294 e. The Hall–Kier alpha value is -1.48. The average Bonchev–Trinajstić information content (AvgIpc) is 2.48. The molecule has 0 radical (unpaired) electrons. The number of aromatic nitrogens is 3. The lowest BCUT2D eigenvalue weighted by Crippen LogP contribution is -2.57. The van der Waals surface area contributed by atoms with Gasteiger partial charge in [0.25, 0.3) is 5.56 Å². The van der Waals surface area contributed by atoms with Crippen LogP contribution >= 0.6 is 35.0 Å².